The van der Waals surface area contributed by atoms with Crippen molar-refractivity contribution in [3.05, 3.63) is 65.7 Å². The molecule has 3 rings (SSSR count). The Morgan fingerprint density at radius 1 is 1.11 bits per heavy atom. The van der Waals surface area contributed by atoms with Crippen molar-refractivity contribution in [2.24, 2.45) is 0 Å². The Morgan fingerprint density at radius 2 is 1.81 bits per heavy atom. The molecule has 2 aromatic carbocycles. The Hall–Kier alpha value is -2.38. The first-order valence-electron chi connectivity index (χ1n) is 8.89. The van der Waals surface area contributed by atoms with Gasteiger partial charge in [0.25, 0.3) is 10.1 Å². The van der Waals surface area contributed by atoms with Crippen molar-refractivity contribution < 1.29 is 22.1 Å². The van der Waals surface area contributed by atoms with Gasteiger partial charge in [-0.2, -0.15) is 8.42 Å². The largest absolute Gasteiger partial charge is 0.445 e. The van der Waals surface area contributed by atoms with Crippen LogP contribution in [0.1, 0.15) is 24.0 Å². The minimum atomic E-state index is -3.86. The quantitative estimate of drug-likeness (QED) is 0.732. The maximum atomic E-state index is 12.4. The Morgan fingerprint density at radius 3 is 2.52 bits per heavy atom. The molecule has 0 spiro atoms. The third-order valence-electron chi connectivity index (χ3n) is 4.41. The number of nitrogens with zero attached hydrogens (tertiary/aromatic N) is 1. The Kier molecular flexibility index (Phi) is 6.13. The number of piperidine rings is 1. The summed E-state index contributed by atoms with van der Waals surface area (Å²) in [7, 11) is -3.86. The first kappa shape index (κ1) is 19.4. The lowest BCUT2D eigenvalue weighted by molar-refractivity contribution is 0.0571. The average molecular weight is 389 g/mol. The van der Waals surface area contributed by atoms with Gasteiger partial charge < -0.3 is 9.64 Å². The minimum absolute atomic E-state index is 0.122. The predicted octanol–water partition coefficient (Wildman–Crippen LogP) is 3.50. The molecule has 1 heterocycles. The molecule has 1 amide bonds. The van der Waals surface area contributed by atoms with Gasteiger partial charge in [-0.05, 0) is 37.5 Å². The molecular weight excluding hydrogens is 366 g/mol. The van der Waals surface area contributed by atoms with Crippen LogP contribution in [0.25, 0.3) is 0 Å². The van der Waals surface area contributed by atoms with E-state index in [9.17, 15) is 13.2 Å². The molecule has 0 unspecified atom stereocenters. The summed E-state index contributed by atoms with van der Waals surface area (Å²) in [5, 5.41) is 0. The standard InChI is InChI=1S/C20H23NO5S/c1-16-9-11-19(12-10-16)27(23,24)26-18-8-5-13-21(14-18)20(22)25-15-17-6-3-2-4-7-17/h2-4,6-7,9-12,18H,5,8,13-15H2,1H3/t18-/m1/s1. The number of hydrogen-bond acceptors (Lipinski definition) is 5. The number of amides is 1. The molecule has 0 saturated carbocycles. The van der Waals surface area contributed by atoms with Crippen LogP contribution in [0.4, 0.5) is 4.79 Å². The van der Waals surface area contributed by atoms with Crippen molar-refractivity contribution in [1.82, 2.24) is 4.90 Å². The van der Waals surface area contributed by atoms with E-state index in [2.05, 4.69) is 0 Å². The zero-order valence-corrected chi connectivity index (χ0v) is 16.0. The molecule has 1 aliphatic heterocycles. The van der Waals surface area contributed by atoms with Crippen LogP contribution in [0.2, 0.25) is 0 Å². The molecule has 0 radical (unpaired) electrons. The molecule has 1 fully saturated rings. The number of carbonyl (C=O) groups is 1. The van der Waals surface area contributed by atoms with Crippen LogP contribution in [-0.2, 0) is 25.6 Å². The molecule has 1 aliphatic rings. The van der Waals surface area contributed by atoms with E-state index >= 15 is 0 Å². The number of ether oxygens (including phenoxy) is 1. The first-order chi connectivity index (χ1) is 12.9. The van der Waals surface area contributed by atoms with Crippen molar-refractivity contribution in [3.63, 3.8) is 0 Å². The van der Waals surface area contributed by atoms with E-state index in [0.717, 1.165) is 11.1 Å². The predicted molar refractivity (Wildman–Crippen MR) is 101 cm³/mol. The summed E-state index contributed by atoms with van der Waals surface area (Å²) >= 11 is 0. The van der Waals surface area contributed by atoms with E-state index < -0.39 is 22.3 Å². The lowest BCUT2D eigenvalue weighted by Gasteiger charge is -2.31. The number of rotatable bonds is 5. The molecular formula is C20H23NO5S. The topological polar surface area (TPSA) is 72.9 Å². The van der Waals surface area contributed by atoms with E-state index in [1.807, 2.05) is 37.3 Å². The van der Waals surface area contributed by atoms with E-state index in [4.69, 9.17) is 8.92 Å². The van der Waals surface area contributed by atoms with Crippen molar-refractivity contribution in [1.29, 1.82) is 0 Å². The summed E-state index contributed by atoms with van der Waals surface area (Å²) in [6.45, 7) is 2.79. The molecule has 2 aromatic rings. The average Bonchev–Trinajstić information content (AvgIpc) is 2.67. The maximum absolute atomic E-state index is 12.4. The number of aryl methyl sites for hydroxylation is 1. The van der Waals surface area contributed by atoms with Crippen LogP contribution < -0.4 is 0 Å². The second kappa shape index (κ2) is 8.54. The number of hydrogen-bond donors (Lipinski definition) is 0. The SMILES string of the molecule is Cc1ccc(S(=O)(=O)O[C@@H]2CCCN(C(=O)OCc3ccccc3)C2)cc1. The molecule has 144 valence electrons. The van der Waals surface area contributed by atoms with Crippen molar-refractivity contribution in [2.45, 2.75) is 37.4 Å². The van der Waals surface area contributed by atoms with Crippen molar-refractivity contribution >= 4 is 16.2 Å². The van der Waals surface area contributed by atoms with Gasteiger partial charge in [0.05, 0.1) is 17.5 Å². The van der Waals surface area contributed by atoms with Gasteiger partial charge in [0.15, 0.2) is 0 Å². The fourth-order valence-corrected chi connectivity index (χ4v) is 4.03. The van der Waals surface area contributed by atoms with Crippen LogP contribution >= 0.6 is 0 Å². The highest BCUT2D eigenvalue weighted by Crippen LogP contribution is 2.21. The third kappa shape index (κ3) is 5.30. The summed E-state index contributed by atoms with van der Waals surface area (Å²) in [5.74, 6) is 0. The smallest absolute Gasteiger partial charge is 0.410 e. The summed E-state index contributed by atoms with van der Waals surface area (Å²) in [5.41, 5.74) is 1.87. The summed E-state index contributed by atoms with van der Waals surface area (Å²) in [4.78, 5) is 13.9. The summed E-state index contributed by atoms with van der Waals surface area (Å²) in [6.07, 6.45) is 0.205. The van der Waals surface area contributed by atoms with E-state index in [-0.39, 0.29) is 18.0 Å². The van der Waals surface area contributed by atoms with Gasteiger partial charge in [-0.1, -0.05) is 48.0 Å². The molecule has 0 aromatic heterocycles. The zero-order chi connectivity index (χ0) is 19.3. The van der Waals surface area contributed by atoms with E-state index in [1.54, 1.807) is 12.1 Å². The van der Waals surface area contributed by atoms with Crippen LogP contribution in [0, 0.1) is 6.92 Å². The van der Waals surface area contributed by atoms with E-state index in [1.165, 1.54) is 17.0 Å². The third-order valence-corrected chi connectivity index (χ3v) is 5.79. The van der Waals surface area contributed by atoms with Gasteiger partial charge in [-0.15, -0.1) is 0 Å². The second-order valence-corrected chi connectivity index (χ2v) is 8.19. The van der Waals surface area contributed by atoms with Gasteiger partial charge in [-0.25, -0.2) is 4.79 Å². The first-order valence-corrected chi connectivity index (χ1v) is 10.3. The lowest BCUT2D eigenvalue weighted by atomic mass is 10.1. The lowest BCUT2D eigenvalue weighted by Crippen LogP contribution is -2.44. The molecule has 0 aliphatic carbocycles. The van der Waals surface area contributed by atoms with E-state index in [0.29, 0.717) is 19.4 Å². The monoisotopic (exact) mass is 389 g/mol. The molecule has 1 saturated heterocycles. The summed E-state index contributed by atoms with van der Waals surface area (Å²) < 4.78 is 35.6. The molecule has 6 nitrogen and oxygen atoms in total. The van der Waals surface area contributed by atoms with Crippen LogP contribution in [-0.4, -0.2) is 38.6 Å². The van der Waals surface area contributed by atoms with Gasteiger partial charge in [0.2, 0.25) is 0 Å². The van der Waals surface area contributed by atoms with Gasteiger partial charge >= 0.3 is 6.09 Å². The zero-order valence-electron chi connectivity index (χ0n) is 15.2. The van der Waals surface area contributed by atoms with Crippen molar-refractivity contribution in [2.75, 3.05) is 13.1 Å². The highest BCUT2D eigenvalue weighted by molar-refractivity contribution is 7.86. The van der Waals surface area contributed by atoms with Crippen LogP contribution in [0.15, 0.2) is 59.5 Å². The van der Waals surface area contributed by atoms with Gasteiger partial charge in [0.1, 0.15) is 6.61 Å². The normalized spacial score (nSPS) is 17.5. The van der Waals surface area contributed by atoms with Crippen LogP contribution in [0.3, 0.4) is 0 Å². The second-order valence-electron chi connectivity index (χ2n) is 6.61. The molecule has 0 N–H and O–H groups in total. The van der Waals surface area contributed by atoms with Crippen LogP contribution in [0.5, 0.6) is 0 Å². The highest BCUT2D eigenvalue weighted by Gasteiger charge is 2.29. The Labute approximate surface area is 159 Å². The molecule has 27 heavy (non-hydrogen) atoms. The molecule has 7 heteroatoms. The highest BCUT2D eigenvalue weighted by atomic mass is 32.2. The van der Waals surface area contributed by atoms with Crippen molar-refractivity contribution in [3.8, 4) is 0 Å². The Balaban J connectivity index is 1.57. The summed E-state index contributed by atoms with van der Waals surface area (Å²) in [6, 6.07) is 15.9. The molecule has 1 atom stereocenters. The maximum Gasteiger partial charge on any atom is 0.410 e. The fraction of sp³-hybridized carbons (Fsp3) is 0.350. The fourth-order valence-electron chi connectivity index (χ4n) is 2.93. The molecule has 0 bridgehead atoms. The number of likely N-dealkylation sites (tertiary alicyclic amines) is 1. The van der Waals surface area contributed by atoms with Gasteiger partial charge in [0, 0.05) is 6.54 Å². The number of carbonyl (C=O) groups excluding carboxylic acids is 1. The number of benzene rings is 2. The Bertz CT molecular complexity index is 865. The minimum Gasteiger partial charge on any atom is -0.445 e. The van der Waals surface area contributed by atoms with Gasteiger partial charge in [-0.3, -0.25) is 4.18 Å².